The van der Waals surface area contributed by atoms with Gasteiger partial charge in [-0.3, -0.25) is 0 Å². The summed E-state index contributed by atoms with van der Waals surface area (Å²) in [5, 5.41) is 16.1. The van der Waals surface area contributed by atoms with Crippen LogP contribution in [0, 0.1) is 24.1 Å². The lowest BCUT2D eigenvalue weighted by molar-refractivity contribution is 0.587. The average Bonchev–Trinajstić information content (AvgIpc) is 2.77. The van der Waals surface area contributed by atoms with Crippen molar-refractivity contribution in [2.75, 3.05) is 0 Å². The molecular formula is C14H13FN2S. The second-order valence-corrected chi connectivity index (χ2v) is 4.85. The maximum Gasteiger partial charge on any atom is 0.129 e. The van der Waals surface area contributed by atoms with Crippen molar-refractivity contribution in [3.05, 3.63) is 57.0 Å². The van der Waals surface area contributed by atoms with Crippen LogP contribution in [0.5, 0.6) is 0 Å². The Morgan fingerprint density at radius 2 is 2.06 bits per heavy atom. The van der Waals surface area contributed by atoms with Gasteiger partial charge < -0.3 is 5.32 Å². The van der Waals surface area contributed by atoms with Crippen LogP contribution < -0.4 is 5.32 Å². The van der Waals surface area contributed by atoms with E-state index in [1.165, 1.54) is 17.2 Å². The van der Waals surface area contributed by atoms with E-state index in [1.54, 1.807) is 23.5 Å². The van der Waals surface area contributed by atoms with E-state index in [0.29, 0.717) is 17.7 Å². The quantitative estimate of drug-likeness (QED) is 0.915. The summed E-state index contributed by atoms with van der Waals surface area (Å²) in [6.45, 7) is 3.26. The maximum atomic E-state index is 13.6. The molecule has 0 saturated carbocycles. The second kappa shape index (κ2) is 5.76. The van der Waals surface area contributed by atoms with E-state index in [-0.39, 0.29) is 5.82 Å². The van der Waals surface area contributed by atoms with E-state index in [2.05, 4.69) is 23.0 Å². The van der Waals surface area contributed by atoms with Crippen LogP contribution in [0.25, 0.3) is 0 Å². The zero-order chi connectivity index (χ0) is 13.0. The van der Waals surface area contributed by atoms with Gasteiger partial charge in [0, 0.05) is 18.7 Å². The topological polar surface area (TPSA) is 35.8 Å². The zero-order valence-electron chi connectivity index (χ0n) is 10.0. The summed E-state index contributed by atoms with van der Waals surface area (Å²) in [4.78, 5) is 0. The molecule has 0 aliphatic rings. The number of thiophene rings is 1. The Morgan fingerprint density at radius 3 is 2.67 bits per heavy atom. The summed E-state index contributed by atoms with van der Waals surface area (Å²) in [5.74, 6) is -0.330. The summed E-state index contributed by atoms with van der Waals surface area (Å²) in [6, 6.07) is 6.48. The van der Waals surface area contributed by atoms with Gasteiger partial charge in [-0.1, -0.05) is 6.07 Å². The number of halogens is 1. The first-order valence-corrected chi connectivity index (χ1v) is 6.56. The Balaban J connectivity index is 1.95. The summed E-state index contributed by atoms with van der Waals surface area (Å²) >= 11 is 1.67. The zero-order valence-corrected chi connectivity index (χ0v) is 10.9. The summed E-state index contributed by atoms with van der Waals surface area (Å²) in [6.07, 6.45) is 0. The molecule has 2 nitrogen and oxygen atoms in total. The number of hydrogen-bond acceptors (Lipinski definition) is 3. The molecule has 2 rings (SSSR count). The lowest BCUT2D eigenvalue weighted by Gasteiger charge is -2.06. The van der Waals surface area contributed by atoms with Crippen molar-refractivity contribution < 1.29 is 4.39 Å². The van der Waals surface area contributed by atoms with Gasteiger partial charge in [0.2, 0.25) is 0 Å². The molecule has 0 unspecified atom stereocenters. The van der Waals surface area contributed by atoms with Gasteiger partial charge in [-0.2, -0.15) is 16.6 Å². The molecule has 1 aromatic heterocycles. The molecule has 0 atom stereocenters. The van der Waals surface area contributed by atoms with Crippen LogP contribution in [-0.2, 0) is 13.1 Å². The minimum atomic E-state index is -0.330. The number of benzene rings is 1. The lowest BCUT2D eigenvalue weighted by Crippen LogP contribution is -2.13. The van der Waals surface area contributed by atoms with Gasteiger partial charge in [-0.05, 0) is 40.9 Å². The third-order valence-electron chi connectivity index (χ3n) is 2.77. The van der Waals surface area contributed by atoms with Gasteiger partial charge in [-0.25, -0.2) is 4.39 Å². The highest BCUT2D eigenvalue weighted by Gasteiger charge is 2.04. The van der Waals surface area contributed by atoms with Crippen molar-refractivity contribution in [3.63, 3.8) is 0 Å². The largest absolute Gasteiger partial charge is 0.308 e. The fourth-order valence-electron chi connectivity index (χ4n) is 1.66. The Morgan fingerprint density at radius 1 is 1.28 bits per heavy atom. The predicted octanol–water partition coefficient (Wildman–Crippen LogP) is 3.36. The minimum Gasteiger partial charge on any atom is -0.308 e. The van der Waals surface area contributed by atoms with E-state index in [4.69, 9.17) is 5.26 Å². The smallest absolute Gasteiger partial charge is 0.129 e. The van der Waals surface area contributed by atoms with Gasteiger partial charge in [-0.15, -0.1) is 0 Å². The molecule has 0 radical (unpaired) electrons. The van der Waals surface area contributed by atoms with Crippen LogP contribution in [0.4, 0.5) is 4.39 Å². The first kappa shape index (κ1) is 12.7. The standard InChI is InChI=1S/C14H13FN2S/c1-10-8-18-9-13(10)7-17-6-12-3-2-11(5-16)4-14(12)15/h2-4,8-9,17H,6-7H2,1H3. The molecule has 0 saturated heterocycles. The maximum absolute atomic E-state index is 13.6. The van der Waals surface area contributed by atoms with E-state index in [9.17, 15) is 4.39 Å². The van der Waals surface area contributed by atoms with Crippen molar-refractivity contribution in [2.24, 2.45) is 0 Å². The van der Waals surface area contributed by atoms with Crippen LogP contribution in [-0.4, -0.2) is 0 Å². The molecule has 0 bridgehead atoms. The second-order valence-electron chi connectivity index (χ2n) is 4.10. The Kier molecular flexibility index (Phi) is 4.08. The molecule has 0 amide bonds. The molecule has 0 aliphatic heterocycles. The molecule has 0 aliphatic carbocycles. The molecule has 0 spiro atoms. The number of aryl methyl sites for hydroxylation is 1. The molecule has 18 heavy (non-hydrogen) atoms. The third kappa shape index (κ3) is 2.95. The molecule has 92 valence electrons. The molecular weight excluding hydrogens is 247 g/mol. The van der Waals surface area contributed by atoms with Gasteiger partial charge in [0.15, 0.2) is 0 Å². The first-order chi connectivity index (χ1) is 8.70. The lowest BCUT2D eigenvalue weighted by atomic mass is 10.1. The average molecular weight is 260 g/mol. The van der Waals surface area contributed by atoms with E-state index in [1.807, 2.05) is 6.07 Å². The Hall–Kier alpha value is -1.70. The fourth-order valence-corrected chi connectivity index (χ4v) is 2.52. The third-order valence-corrected chi connectivity index (χ3v) is 3.68. The van der Waals surface area contributed by atoms with Gasteiger partial charge in [0.1, 0.15) is 5.82 Å². The monoisotopic (exact) mass is 260 g/mol. The molecule has 1 heterocycles. The number of nitriles is 1. The SMILES string of the molecule is Cc1cscc1CNCc1ccc(C#N)cc1F. The van der Waals surface area contributed by atoms with Crippen LogP contribution >= 0.6 is 11.3 Å². The summed E-state index contributed by atoms with van der Waals surface area (Å²) in [7, 11) is 0. The van der Waals surface area contributed by atoms with Crippen LogP contribution in [0.15, 0.2) is 29.0 Å². The number of hydrogen-bond donors (Lipinski definition) is 1. The number of nitrogens with zero attached hydrogens (tertiary/aromatic N) is 1. The van der Waals surface area contributed by atoms with Crippen molar-refractivity contribution in [3.8, 4) is 6.07 Å². The summed E-state index contributed by atoms with van der Waals surface area (Å²) < 4.78 is 13.6. The molecule has 2 aromatic rings. The molecule has 4 heteroatoms. The highest BCUT2D eigenvalue weighted by molar-refractivity contribution is 7.08. The van der Waals surface area contributed by atoms with Crippen LogP contribution in [0.3, 0.4) is 0 Å². The van der Waals surface area contributed by atoms with Crippen molar-refractivity contribution in [1.82, 2.24) is 5.32 Å². The van der Waals surface area contributed by atoms with E-state index in [0.717, 1.165) is 6.54 Å². The fraction of sp³-hybridized carbons (Fsp3) is 0.214. The van der Waals surface area contributed by atoms with Crippen LogP contribution in [0.1, 0.15) is 22.3 Å². The van der Waals surface area contributed by atoms with Crippen molar-refractivity contribution >= 4 is 11.3 Å². The van der Waals surface area contributed by atoms with E-state index < -0.39 is 0 Å². The Labute approximate surface area is 110 Å². The molecule has 1 aromatic carbocycles. The van der Waals surface area contributed by atoms with Crippen molar-refractivity contribution in [2.45, 2.75) is 20.0 Å². The summed E-state index contributed by atoms with van der Waals surface area (Å²) in [5.41, 5.74) is 3.44. The van der Waals surface area contributed by atoms with Gasteiger partial charge in [0.25, 0.3) is 0 Å². The van der Waals surface area contributed by atoms with E-state index >= 15 is 0 Å². The van der Waals surface area contributed by atoms with Crippen molar-refractivity contribution in [1.29, 1.82) is 5.26 Å². The number of nitrogens with one attached hydrogen (secondary N) is 1. The van der Waals surface area contributed by atoms with Crippen LogP contribution in [0.2, 0.25) is 0 Å². The van der Waals surface area contributed by atoms with Gasteiger partial charge in [0.05, 0.1) is 11.6 Å². The molecule has 1 N–H and O–H groups in total. The first-order valence-electron chi connectivity index (χ1n) is 5.61. The number of rotatable bonds is 4. The highest BCUT2D eigenvalue weighted by Crippen LogP contribution is 2.14. The highest BCUT2D eigenvalue weighted by atomic mass is 32.1. The van der Waals surface area contributed by atoms with Gasteiger partial charge >= 0.3 is 0 Å². The normalized spacial score (nSPS) is 10.3. The molecule has 0 fully saturated rings. The predicted molar refractivity (Wildman–Crippen MR) is 70.7 cm³/mol. The minimum absolute atomic E-state index is 0.330. The Bertz CT molecular complexity index is 584.